The zero-order valence-corrected chi connectivity index (χ0v) is 16.0. The molecule has 1 saturated heterocycles. The van der Waals surface area contributed by atoms with Crippen molar-refractivity contribution in [3.63, 3.8) is 0 Å². The van der Waals surface area contributed by atoms with Crippen LogP contribution in [0.15, 0.2) is 24.3 Å². The summed E-state index contributed by atoms with van der Waals surface area (Å²) >= 11 is 0. The summed E-state index contributed by atoms with van der Waals surface area (Å²) in [5, 5.41) is 12.1. The highest BCUT2D eigenvalue weighted by atomic mass is 16.4. The fourth-order valence-corrected chi connectivity index (χ4v) is 3.87. The molecule has 2 fully saturated rings. The zero-order valence-electron chi connectivity index (χ0n) is 16.0. The molecule has 4 unspecified atom stereocenters. The van der Waals surface area contributed by atoms with Crippen LogP contribution in [0.25, 0.3) is 0 Å². The first-order chi connectivity index (χ1) is 12.8. The van der Waals surface area contributed by atoms with E-state index < -0.39 is 11.9 Å². The van der Waals surface area contributed by atoms with Crippen LogP contribution in [0.3, 0.4) is 0 Å². The molecule has 0 bridgehead atoms. The molecular formula is C20H27N3O4. The van der Waals surface area contributed by atoms with Gasteiger partial charge in [0.25, 0.3) is 0 Å². The van der Waals surface area contributed by atoms with Crippen LogP contribution < -0.4 is 10.2 Å². The lowest BCUT2D eigenvalue weighted by Gasteiger charge is -2.34. The standard InChI is InChI=1S/C20H27N3O4/c1-12-8-15(19(25)26)11-22(10-12)20(27)21-16-4-6-17(7-5-16)23(14(3)24)18-9-13(18)2/h4-7,12-13,15,18H,8-11H2,1-3H3,(H,21,27)(H,25,26). The van der Waals surface area contributed by atoms with Gasteiger partial charge < -0.3 is 20.2 Å². The van der Waals surface area contributed by atoms with Crippen LogP contribution in [0, 0.1) is 17.8 Å². The third-order valence-corrected chi connectivity index (χ3v) is 5.43. The molecule has 27 heavy (non-hydrogen) atoms. The molecule has 7 heteroatoms. The number of amides is 3. The van der Waals surface area contributed by atoms with Crippen molar-refractivity contribution >= 4 is 29.3 Å². The molecule has 1 aromatic carbocycles. The summed E-state index contributed by atoms with van der Waals surface area (Å²) in [7, 11) is 0. The summed E-state index contributed by atoms with van der Waals surface area (Å²) in [5.74, 6) is -0.703. The molecule has 0 spiro atoms. The molecule has 2 N–H and O–H groups in total. The number of carbonyl (C=O) groups is 3. The molecule has 1 aliphatic carbocycles. The molecular weight excluding hydrogens is 346 g/mol. The minimum atomic E-state index is -0.859. The van der Waals surface area contributed by atoms with Gasteiger partial charge in [0.15, 0.2) is 0 Å². The average Bonchev–Trinajstić information content (AvgIpc) is 3.31. The van der Waals surface area contributed by atoms with E-state index in [-0.39, 0.29) is 30.4 Å². The minimum Gasteiger partial charge on any atom is -0.481 e. The van der Waals surface area contributed by atoms with E-state index in [1.54, 1.807) is 28.9 Å². The lowest BCUT2D eigenvalue weighted by Crippen LogP contribution is -2.47. The fourth-order valence-electron chi connectivity index (χ4n) is 3.87. The third kappa shape index (κ3) is 4.40. The molecule has 1 aliphatic heterocycles. The summed E-state index contributed by atoms with van der Waals surface area (Å²) in [6.45, 7) is 6.42. The number of aliphatic carboxylic acids is 1. The Morgan fingerprint density at radius 3 is 2.26 bits per heavy atom. The SMILES string of the molecule is CC(=O)N(c1ccc(NC(=O)N2CC(C)CC(C(=O)O)C2)cc1)C1CC1C. The van der Waals surface area contributed by atoms with E-state index in [0.717, 1.165) is 12.1 Å². The number of hydrogen-bond acceptors (Lipinski definition) is 3. The van der Waals surface area contributed by atoms with E-state index in [1.807, 2.05) is 19.1 Å². The normalized spacial score (nSPS) is 27.0. The summed E-state index contributed by atoms with van der Waals surface area (Å²) in [6.07, 6.45) is 1.60. The van der Waals surface area contributed by atoms with Crippen molar-refractivity contribution in [2.45, 2.75) is 39.7 Å². The van der Waals surface area contributed by atoms with Gasteiger partial charge in [-0.15, -0.1) is 0 Å². The van der Waals surface area contributed by atoms with Crippen molar-refractivity contribution in [1.82, 2.24) is 4.90 Å². The van der Waals surface area contributed by atoms with Gasteiger partial charge in [0.05, 0.1) is 5.92 Å². The van der Waals surface area contributed by atoms with E-state index in [0.29, 0.717) is 24.6 Å². The van der Waals surface area contributed by atoms with Gasteiger partial charge in [-0.05, 0) is 48.9 Å². The average molecular weight is 373 g/mol. The van der Waals surface area contributed by atoms with Crippen molar-refractivity contribution in [3.05, 3.63) is 24.3 Å². The lowest BCUT2D eigenvalue weighted by molar-refractivity contribution is -0.143. The number of hydrogen-bond donors (Lipinski definition) is 2. The fraction of sp³-hybridized carbons (Fsp3) is 0.550. The molecule has 1 aromatic rings. The number of likely N-dealkylation sites (tertiary alicyclic amines) is 1. The van der Waals surface area contributed by atoms with Gasteiger partial charge in [-0.25, -0.2) is 4.79 Å². The molecule has 1 heterocycles. The van der Waals surface area contributed by atoms with Crippen LogP contribution in [0.1, 0.15) is 33.6 Å². The van der Waals surface area contributed by atoms with Crippen LogP contribution in [0.5, 0.6) is 0 Å². The first kappa shape index (κ1) is 19.2. The number of carboxylic acids is 1. The maximum Gasteiger partial charge on any atom is 0.321 e. The Morgan fingerprint density at radius 2 is 1.74 bits per heavy atom. The summed E-state index contributed by atoms with van der Waals surface area (Å²) in [4.78, 5) is 39.1. The van der Waals surface area contributed by atoms with Gasteiger partial charge >= 0.3 is 12.0 Å². The summed E-state index contributed by atoms with van der Waals surface area (Å²) < 4.78 is 0. The maximum absolute atomic E-state index is 12.5. The van der Waals surface area contributed by atoms with Crippen molar-refractivity contribution in [1.29, 1.82) is 0 Å². The number of benzene rings is 1. The third-order valence-electron chi connectivity index (χ3n) is 5.43. The van der Waals surface area contributed by atoms with Crippen molar-refractivity contribution in [3.8, 4) is 0 Å². The second-order valence-corrected chi connectivity index (χ2v) is 7.93. The van der Waals surface area contributed by atoms with E-state index >= 15 is 0 Å². The van der Waals surface area contributed by atoms with Crippen LogP contribution in [0.2, 0.25) is 0 Å². The Labute approximate surface area is 159 Å². The number of rotatable bonds is 4. The Hall–Kier alpha value is -2.57. The van der Waals surface area contributed by atoms with E-state index in [4.69, 9.17) is 0 Å². The number of anilines is 2. The molecule has 3 rings (SSSR count). The van der Waals surface area contributed by atoms with Gasteiger partial charge in [-0.3, -0.25) is 9.59 Å². The summed E-state index contributed by atoms with van der Waals surface area (Å²) in [6, 6.07) is 7.18. The highest BCUT2D eigenvalue weighted by molar-refractivity contribution is 5.94. The predicted molar refractivity (Wildman–Crippen MR) is 103 cm³/mol. The highest BCUT2D eigenvalue weighted by Gasteiger charge is 2.40. The number of nitrogens with one attached hydrogen (secondary N) is 1. The lowest BCUT2D eigenvalue weighted by atomic mass is 9.91. The Morgan fingerprint density at radius 1 is 1.11 bits per heavy atom. The first-order valence-corrected chi connectivity index (χ1v) is 9.45. The van der Waals surface area contributed by atoms with Crippen LogP contribution in [-0.2, 0) is 9.59 Å². The smallest absolute Gasteiger partial charge is 0.321 e. The Bertz CT molecular complexity index is 733. The number of nitrogens with zero attached hydrogens (tertiary/aromatic N) is 2. The maximum atomic E-state index is 12.5. The van der Waals surface area contributed by atoms with Crippen LogP contribution >= 0.6 is 0 Å². The second-order valence-electron chi connectivity index (χ2n) is 7.93. The van der Waals surface area contributed by atoms with Gasteiger partial charge in [0.2, 0.25) is 5.91 Å². The van der Waals surface area contributed by atoms with Gasteiger partial charge in [-0.1, -0.05) is 13.8 Å². The zero-order chi connectivity index (χ0) is 19.7. The van der Waals surface area contributed by atoms with Gasteiger partial charge in [0, 0.05) is 37.4 Å². The minimum absolute atomic E-state index is 0.0168. The van der Waals surface area contributed by atoms with E-state index in [2.05, 4.69) is 12.2 Å². The molecule has 4 atom stereocenters. The largest absolute Gasteiger partial charge is 0.481 e. The van der Waals surface area contributed by atoms with E-state index in [9.17, 15) is 19.5 Å². The Kier molecular flexibility index (Phi) is 5.39. The molecule has 146 valence electrons. The van der Waals surface area contributed by atoms with Crippen molar-refractivity contribution in [2.24, 2.45) is 17.8 Å². The summed E-state index contributed by atoms with van der Waals surface area (Å²) in [5.41, 5.74) is 1.45. The quantitative estimate of drug-likeness (QED) is 0.849. The molecule has 2 aliphatic rings. The number of carboxylic acid groups (broad SMARTS) is 1. The second kappa shape index (κ2) is 7.58. The van der Waals surface area contributed by atoms with Crippen molar-refractivity contribution < 1.29 is 19.5 Å². The molecule has 3 amide bonds. The molecule has 0 aromatic heterocycles. The first-order valence-electron chi connectivity index (χ1n) is 9.45. The van der Waals surface area contributed by atoms with Crippen LogP contribution in [0.4, 0.5) is 16.2 Å². The molecule has 1 saturated carbocycles. The topological polar surface area (TPSA) is 90.0 Å². The van der Waals surface area contributed by atoms with Crippen molar-refractivity contribution in [2.75, 3.05) is 23.3 Å². The predicted octanol–water partition coefficient (Wildman–Crippen LogP) is 3.02. The molecule has 0 radical (unpaired) electrons. The number of piperidine rings is 1. The number of urea groups is 1. The van der Waals surface area contributed by atoms with Gasteiger partial charge in [0.1, 0.15) is 0 Å². The Balaban J connectivity index is 1.64. The highest BCUT2D eigenvalue weighted by Crippen LogP contribution is 2.38. The van der Waals surface area contributed by atoms with Gasteiger partial charge in [-0.2, -0.15) is 0 Å². The monoisotopic (exact) mass is 373 g/mol. The number of carbonyl (C=O) groups excluding carboxylic acids is 2. The van der Waals surface area contributed by atoms with Crippen LogP contribution in [-0.4, -0.2) is 47.0 Å². The van der Waals surface area contributed by atoms with E-state index in [1.165, 1.54) is 0 Å². The molecule has 7 nitrogen and oxygen atoms in total.